The Bertz CT molecular complexity index is 511. The lowest BCUT2D eigenvalue weighted by molar-refractivity contribution is 0.512. The van der Waals surface area contributed by atoms with E-state index in [1.54, 1.807) is 0 Å². The van der Waals surface area contributed by atoms with E-state index < -0.39 is 0 Å². The fourth-order valence-electron chi connectivity index (χ4n) is 1.99. The van der Waals surface area contributed by atoms with Gasteiger partial charge in [0, 0.05) is 24.8 Å². The zero-order chi connectivity index (χ0) is 13.8. The number of aromatic nitrogens is 2. The SMILES string of the molecule is Cc1ccc([C@H](C)NCc2ccn(C(C)C)n2)cc1. The second-order valence-electron chi connectivity index (χ2n) is 5.39. The molecule has 19 heavy (non-hydrogen) atoms. The number of hydrogen-bond donors (Lipinski definition) is 1. The molecule has 1 atom stereocenters. The molecule has 0 spiro atoms. The average molecular weight is 257 g/mol. The van der Waals surface area contributed by atoms with Gasteiger partial charge in [0.25, 0.3) is 0 Å². The van der Waals surface area contributed by atoms with Crippen molar-refractivity contribution in [2.24, 2.45) is 0 Å². The van der Waals surface area contributed by atoms with Crippen LogP contribution in [-0.2, 0) is 6.54 Å². The highest BCUT2D eigenvalue weighted by atomic mass is 15.3. The molecule has 0 saturated carbocycles. The monoisotopic (exact) mass is 257 g/mol. The highest BCUT2D eigenvalue weighted by molar-refractivity contribution is 5.23. The number of nitrogens with zero attached hydrogens (tertiary/aromatic N) is 2. The topological polar surface area (TPSA) is 29.9 Å². The van der Waals surface area contributed by atoms with Gasteiger partial charge in [-0.2, -0.15) is 5.10 Å². The minimum absolute atomic E-state index is 0.338. The van der Waals surface area contributed by atoms with Crippen molar-refractivity contribution >= 4 is 0 Å². The Morgan fingerprint density at radius 3 is 2.37 bits per heavy atom. The molecule has 0 amide bonds. The summed E-state index contributed by atoms with van der Waals surface area (Å²) < 4.78 is 1.99. The Morgan fingerprint density at radius 2 is 1.79 bits per heavy atom. The van der Waals surface area contributed by atoms with Crippen molar-refractivity contribution in [3.63, 3.8) is 0 Å². The summed E-state index contributed by atoms with van der Waals surface area (Å²) in [5.74, 6) is 0. The van der Waals surface area contributed by atoms with E-state index in [2.05, 4.69) is 68.4 Å². The van der Waals surface area contributed by atoms with E-state index >= 15 is 0 Å². The molecular formula is C16H23N3. The fraction of sp³-hybridized carbons (Fsp3) is 0.438. The molecule has 1 heterocycles. The van der Waals surface area contributed by atoms with E-state index in [0.717, 1.165) is 12.2 Å². The molecule has 1 aromatic heterocycles. The van der Waals surface area contributed by atoms with Gasteiger partial charge in [-0.05, 0) is 39.3 Å². The summed E-state index contributed by atoms with van der Waals surface area (Å²) in [5.41, 5.74) is 3.70. The van der Waals surface area contributed by atoms with Gasteiger partial charge in [0.1, 0.15) is 0 Å². The molecule has 3 nitrogen and oxygen atoms in total. The van der Waals surface area contributed by atoms with Crippen molar-refractivity contribution in [3.8, 4) is 0 Å². The molecular weight excluding hydrogens is 234 g/mol. The van der Waals surface area contributed by atoms with Crippen LogP contribution in [0.4, 0.5) is 0 Å². The van der Waals surface area contributed by atoms with Crippen LogP contribution in [0, 0.1) is 6.92 Å². The molecule has 2 aromatic rings. The quantitative estimate of drug-likeness (QED) is 0.886. The van der Waals surface area contributed by atoms with Gasteiger partial charge in [0.2, 0.25) is 0 Å². The normalized spacial score (nSPS) is 12.9. The van der Waals surface area contributed by atoms with E-state index in [-0.39, 0.29) is 0 Å². The lowest BCUT2D eigenvalue weighted by Gasteiger charge is -2.13. The summed E-state index contributed by atoms with van der Waals surface area (Å²) in [7, 11) is 0. The Hall–Kier alpha value is -1.61. The summed E-state index contributed by atoms with van der Waals surface area (Å²) in [6.07, 6.45) is 2.04. The van der Waals surface area contributed by atoms with E-state index in [1.165, 1.54) is 11.1 Å². The van der Waals surface area contributed by atoms with Crippen LogP contribution in [0.15, 0.2) is 36.5 Å². The molecule has 0 aliphatic rings. The van der Waals surface area contributed by atoms with Gasteiger partial charge in [-0.15, -0.1) is 0 Å². The third kappa shape index (κ3) is 3.67. The molecule has 0 fully saturated rings. The molecule has 0 unspecified atom stereocenters. The van der Waals surface area contributed by atoms with Gasteiger partial charge in [-0.25, -0.2) is 0 Å². The molecule has 0 aliphatic heterocycles. The molecule has 1 N–H and O–H groups in total. The summed E-state index contributed by atoms with van der Waals surface area (Å²) in [6, 6.07) is 11.5. The van der Waals surface area contributed by atoms with Crippen LogP contribution in [0.2, 0.25) is 0 Å². The van der Waals surface area contributed by atoms with Crippen molar-refractivity contribution in [2.45, 2.75) is 46.3 Å². The minimum Gasteiger partial charge on any atom is -0.304 e. The lowest BCUT2D eigenvalue weighted by Crippen LogP contribution is -2.18. The Kier molecular flexibility index (Phi) is 4.38. The van der Waals surface area contributed by atoms with Crippen LogP contribution >= 0.6 is 0 Å². The molecule has 0 aliphatic carbocycles. The highest BCUT2D eigenvalue weighted by Gasteiger charge is 2.06. The van der Waals surface area contributed by atoms with Crippen LogP contribution in [0.25, 0.3) is 0 Å². The smallest absolute Gasteiger partial charge is 0.0762 e. The molecule has 0 bridgehead atoms. The first-order valence-electron chi connectivity index (χ1n) is 6.90. The third-order valence-corrected chi connectivity index (χ3v) is 3.36. The van der Waals surface area contributed by atoms with Crippen LogP contribution in [-0.4, -0.2) is 9.78 Å². The molecule has 2 rings (SSSR count). The van der Waals surface area contributed by atoms with E-state index in [0.29, 0.717) is 12.1 Å². The van der Waals surface area contributed by atoms with E-state index in [1.807, 2.05) is 10.9 Å². The molecule has 1 aromatic carbocycles. The number of rotatable bonds is 5. The minimum atomic E-state index is 0.338. The van der Waals surface area contributed by atoms with Crippen molar-refractivity contribution in [2.75, 3.05) is 0 Å². The van der Waals surface area contributed by atoms with Crippen molar-refractivity contribution < 1.29 is 0 Å². The number of hydrogen-bond acceptors (Lipinski definition) is 2. The van der Waals surface area contributed by atoms with Crippen molar-refractivity contribution in [1.29, 1.82) is 0 Å². The first-order valence-corrected chi connectivity index (χ1v) is 6.90. The largest absolute Gasteiger partial charge is 0.304 e. The number of nitrogens with one attached hydrogen (secondary N) is 1. The van der Waals surface area contributed by atoms with Gasteiger partial charge in [0.05, 0.1) is 5.69 Å². The summed E-state index contributed by atoms with van der Waals surface area (Å²) >= 11 is 0. The third-order valence-electron chi connectivity index (χ3n) is 3.36. The van der Waals surface area contributed by atoms with Crippen LogP contribution in [0.1, 0.15) is 49.7 Å². The van der Waals surface area contributed by atoms with Crippen molar-refractivity contribution in [1.82, 2.24) is 15.1 Å². The van der Waals surface area contributed by atoms with Gasteiger partial charge >= 0.3 is 0 Å². The summed E-state index contributed by atoms with van der Waals surface area (Å²) in [5, 5.41) is 8.05. The van der Waals surface area contributed by atoms with Crippen molar-refractivity contribution in [3.05, 3.63) is 53.3 Å². The molecule has 102 valence electrons. The molecule has 0 radical (unpaired) electrons. The van der Waals surface area contributed by atoms with E-state index in [4.69, 9.17) is 0 Å². The van der Waals surface area contributed by atoms with Gasteiger partial charge < -0.3 is 5.32 Å². The Morgan fingerprint density at radius 1 is 1.11 bits per heavy atom. The molecule has 3 heteroatoms. The Balaban J connectivity index is 1.92. The summed E-state index contributed by atoms with van der Waals surface area (Å²) in [6.45, 7) is 9.37. The second kappa shape index (κ2) is 6.02. The van der Waals surface area contributed by atoms with Crippen LogP contribution < -0.4 is 5.32 Å². The van der Waals surface area contributed by atoms with E-state index in [9.17, 15) is 0 Å². The molecule has 0 saturated heterocycles. The second-order valence-corrected chi connectivity index (χ2v) is 5.39. The summed E-state index contributed by atoms with van der Waals surface area (Å²) in [4.78, 5) is 0. The maximum atomic E-state index is 4.54. The lowest BCUT2D eigenvalue weighted by atomic mass is 10.1. The predicted octanol–water partition coefficient (Wildman–Crippen LogP) is 3.62. The zero-order valence-electron chi connectivity index (χ0n) is 12.2. The zero-order valence-corrected chi connectivity index (χ0v) is 12.2. The maximum Gasteiger partial charge on any atom is 0.0762 e. The number of aryl methyl sites for hydroxylation is 1. The Labute approximate surface area is 115 Å². The first kappa shape index (κ1) is 13.8. The maximum absolute atomic E-state index is 4.54. The average Bonchev–Trinajstić information content (AvgIpc) is 2.86. The van der Waals surface area contributed by atoms with Gasteiger partial charge in [-0.1, -0.05) is 29.8 Å². The van der Waals surface area contributed by atoms with Gasteiger partial charge in [-0.3, -0.25) is 4.68 Å². The fourth-order valence-corrected chi connectivity index (χ4v) is 1.99. The highest BCUT2D eigenvalue weighted by Crippen LogP contribution is 2.13. The first-order chi connectivity index (χ1) is 9.06. The van der Waals surface area contributed by atoms with Gasteiger partial charge in [0.15, 0.2) is 0 Å². The van der Waals surface area contributed by atoms with Crippen LogP contribution in [0.3, 0.4) is 0 Å². The van der Waals surface area contributed by atoms with Crippen LogP contribution in [0.5, 0.6) is 0 Å². The predicted molar refractivity (Wildman–Crippen MR) is 79.0 cm³/mol. The number of benzene rings is 1. The standard InChI is InChI=1S/C16H23N3/c1-12(2)19-10-9-16(18-19)11-17-14(4)15-7-5-13(3)6-8-15/h5-10,12,14,17H,11H2,1-4H3/t14-/m0/s1.